The molecule has 1 aliphatic rings. The first kappa shape index (κ1) is 16.5. The Balaban J connectivity index is 2.08. The molecule has 1 aliphatic carbocycles. The van der Waals surface area contributed by atoms with E-state index in [0.29, 0.717) is 11.1 Å². The Morgan fingerprint density at radius 2 is 1.15 bits per heavy atom. The summed E-state index contributed by atoms with van der Waals surface area (Å²) in [6.07, 6.45) is 0. The third kappa shape index (κ3) is 2.64. The van der Waals surface area contributed by atoms with Gasteiger partial charge in [0.25, 0.3) is 0 Å². The lowest BCUT2D eigenvalue weighted by atomic mass is 9.93. The van der Waals surface area contributed by atoms with Crippen molar-refractivity contribution in [2.75, 3.05) is 0 Å². The van der Waals surface area contributed by atoms with Crippen LogP contribution in [0.4, 0.5) is 0 Å². The Kier molecular flexibility index (Phi) is 3.56. The highest BCUT2D eigenvalue weighted by Crippen LogP contribution is 2.48. The zero-order valence-electron chi connectivity index (χ0n) is 13.8. The first-order chi connectivity index (χ1) is 12.8. The first-order valence-corrected chi connectivity index (χ1v) is 8.03. The summed E-state index contributed by atoms with van der Waals surface area (Å²) in [5, 5.41) is 49.4. The fourth-order valence-corrected chi connectivity index (χ4v) is 3.36. The van der Waals surface area contributed by atoms with Gasteiger partial charge in [-0.3, -0.25) is 4.79 Å². The molecule has 0 bridgehead atoms. The third-order valence-corrected chi connectivity index (χ3v) is 4.42. The summed E-state index contributed by atoms with van der Waals surface area (Å²) in [5.74, 6) is -1.41. The summed E-state index contributed by atoms with van der Waals surface area (Å²) in [4.78, 5) is 13.1. The van der Waals surface area contributed by atoms with Gasteiger partial charge in [-0.1, -0.05) is 12.1 Å². The van der Waals surface area contributed by atoms with Gasteiger partial charge in [0.15, 0.2) is 5.78 Å². The molecule has 0 aromatic heterocycles. The van der Waals surface area contributed by atoms with E-state index in [9.17, 15) is 30.3 Å². The number of rotatable bonds is 2. The zero-order chi connectivity index (χ0) is 19.3. The van der Waals surface area contributed by atoms with Crippen molar-refractivity contribution >= 4 is 16.9 Å². The lowest BCUT2D eigenvalue weighted by Gasteiger charge is -2.11. The molecular weight excluding hydrogens is 348 g/mol. The normalized spacial score (nSPS) is 13.1. The number of carbonyl (C=O) groups is 1. The summed E-state index contributed by atoms with van der Waals surface area (Å²) in [6.45, 7) is 0. The number of benzene rings is 3. The number of Topliss-reactive ketones (excluding diaryl/α,β-unsaturated/α-hetero) is 1. The van der Waals surface area contributed by atoms with Crippen LogP contribution in [0.25, 0.3) is 11.1 Å². The number of hydrogen-bond donors (Lipinski definition) is 5. The Hall–Kier alpha value is -3.93. The van der Waals surface area contributed by atoms with Gasteiger partial charge in [0, 0.05) is 34.4 Å². The molecular formula is C21H14O6. The highest BCUT2D eigenvalue weighted by atomic mass is 16.3. The number of ketones is 1. The number of fused-ring (bicyclic) bond motifs is 1. The van der Waals surface area contributed by atoms with Crippen LogP contribution in [0.15, 0.2) is 54.6 Å². The second kappa shape index (κ2) is 5.81. The topological polar surface area (TPSA) is 118 Å². The molecule has 3 aromatic rings. The second-order valence-corrected chi connectivity index (χ2v) is 6.25. The van der Waals surface area contributed by atoms with Crippen LogP contribution in [0.3, 0.4) is 0 Å². The Morgan fingerprint density at radius 1 is 0.556 bits per heavy atom. The maximum atomic E-state index is 13.1. The van der Waals surface area contributed by atoms with Gasteiger partial charge in [0.1, 0.15) is 28.7 Å². The number of aromatic hydroxyl groups is 5. The predicted octanol–water partition coefficient (Wildman–Crippen LogP) is 3.37. The van der Waals surface area contributed by atoms with E-state index in [1.54, 1.807) is 12.1 Å². The molecule has 27 heavy (non-hydrogen) atoms. The molecule has 134 valence electrons. The van der Waals surface area contributed by atoms with Crippen LogP contribution in [-0.4, -0.2) is 31.3 Å². The molecule has 0 atom stereocenters. The lowest BCUT2D eigenvalue weighted by molar-refractivity contribution is 0.105. The van der Waals surface area contributed by atoms with Gasteiger partial charge in [-0.15, -0.1) is 0 Å². The standard InChI is InChI=1S/C21H14O6/c22-12-3-1-10(2-4-12)18-19(11-5-13(23)7-14(24)6-11)21(27)16-8-15(25)9-17(26)20(16)18/h1-9,22-26H. The van der Waals surface area contributed by atoms with Crippen molar-refractivity contribution in [2.45, 2.75) is 0 Å². The number of allylic oxidation sites excluding steroid dienone is 1. The molecule has 6 heteroatoms. The van der Waals surface area contributed by atoms with Crippen LogP contribution in [-0.2, 0) is 0 Å². The van der Waals surface area contributed by atoms with E-state index >= 15 is 0 Å². The fraction of sp³-hybridized carbons (Fsp3) is 0. The van der Waals surface area contributed by atoms with Crippen LogP contribution < -0.4 is 0 Å². The Morgan fingerprint density at radius 3 is 1.78 bits per heavy atom. The molecule has 0 aliphatic heterocycles. The molecule has 0 fully saturated rings. The molecule has 6 nitrogen and oxygen atoms in total. The smallest absolute Gasteiger partial charge is 0.195 e. The molecule has 5 N–H and O–H groups in total. The fourth-order valence-electron chi connectivity index (χ4n) is 3.36. The molecule has 0 spiro atoms. The van der Waals surface area contributed by atoms with Crippen LogP contribution >= 0.6 is 0 Å². The van der Waals surface area contributed by atoms with Gasteiger partial charge >= 0.3 is 0 Å². The molecule has 0 unspecified atom stereocenters. The van der Waals surface area contributed by atoms with E-state index < -0.39 is 5.78 Å². The largest absolute Gasteiger partial charge is 0.508 e. The van der Waals surface area contributed by atoms with Crippen LogP contribution in [0.1, 0.15) is 27.0 Å². The molecule has 0 radical (unpaired) electrons. The summed E-state index contributed by atoms with van der Waals surface area (Å²) in [7, 11) is 0. The third-order valence-electron chi connectivity index (χ3n) is 4.42. The van der Waals surface area contributed by atoms with Crippen molar-refractivity contribution in [3.8, 4) is 28.7 Å². The minimum atomic E-state index is -0.468. The number of phenolic OH excluding ortho intramolecular Hbond substituents is 5. The quantitative estimate of drug-likeness (QED) is 0.477. The average Bonchev–Trinajstić information content (AvgIpc) is 2.88. The summed E-state index contributed by atoms with van der Waals surface area (Å²) < 4.78 is 0. The summed E-state index contributed by atoms with van der Waals surface area (Å²) in [6, 6.07) is 12.2. The van der Waals surface area contributed by atoms with Gasteiger partial charge in [0.05, 0.1) is 0 Å². The highest BCUT2D eigenvalue weighted by Gasteiger charge is 2.34. The van der Waals surface area contributed by atoms with Crippen molar-refractivity contribution in [1.29, 1.82) is 0 Å². The zero-order valence-corrected chi connectivity index (χ0v) is 13.8. The molecule has 4 rings (SSSR count). The van der Waals surface area contributed by atoms with E-state index in [1.807, 2.05) is 0 Å². The van der Waals surface area contributed by atoms with E-state index in [0.717, 1.165) is 12.1 Å². The maximum Gasteiger partial charge on any atom is 0.195 e. The Labute approximate surface area is 153 Å². The molecule has 3 aromatic carbocycles. The van der Waals surface area contributed by atoms with Crippen molar-refractivity contribution in [3.05, 3.63) is 76.9 Å². The number of phenols is 5. The van der Waals surface area contributed by atoms with Crippen molar-refractivity contribution in [3.63, 3.8) is 0 Å². The predicted molar refractivity (Wildman–Crippen MR) is 97.9 cm³/mol. The maximum absolute atomic E-state index is 13.1. The van der Waals surface area contributed by atoms with E-state index in [1.165, 1.54) is 30.3 Å². The first-order valence-electron chi connectivity index (χ1n) is 8.03. The summed E-state index contributed by atoms with van der Waals surface area (Å²) in [5.41, 5.74) is 1.67. The van der Waals surface area contributed by atoms with E-state index in [2.05, 4.69) is 0 Å². The highest BCUT2D eigenvalue weighted by molar-refractivity contribution is 6.42. The van der Waals surface area contributed by atoms with E-state index in [4.69, 9.17) is 0 Å². The number of hydrogen-bond acceptors (Lipinski definition) is 6. The van der Waals surface area contributed by atoms with E-state index in [-0.39, 0.29) is 51.0 Å². The average molecular weight is 362 g/mol. The molecule has 0 heterocycles. The molecule has 0 saturated heterocycles. The second-order valence-electron chi connectivity index (χ2n) is 6.25. The molecule has 0 saturated carbocycles. The monoisotopic (exact) mass is 362 g/mol. The lowest BCUT2D eigenvalue weighted by Crippen LogP contribution is -1.98. The van der Waals surface area contributed by atoms with Crippen LogP contribution in [0.2, 0.25) is 0 Å². The summed E-state index contributed by atoms with van der Waals surface area (Å²) >= 11 is 0. The van der Waals surface area contributed by atoms with Crippen molar-refractivity contribution in [2.24, 2.45) is 0 Å². The van der Waals surface area contributed by atoms with Gasteiger partial charge in [-0.25, -0.2) is 0 Å². The van der Waals surface area contributed by atoms with Crippen molar-refractivity contribution < 1.29 is 30.3 Å². The Bertz CT molecular complexity index is 1110. The van der Waals surface area contributed by atoms with Gasteiger partial charge in [-0.2, -0.15) is 0 Å². The van der Waals surface area contributed by atoms with Crippen molar-refractivity contribution in [1.82, 2.24) is 0 Å². The van der Waals surface area contributed by atoms with Gasteiger partial charge < -0.3 is 25.5 Å². The minimum absolute atomic E-state index is 0.0374. The SMILES string of the molecule is O=C1C(c2cc(O)cc(O)c2)=C(c2ccc(O)cc2)c2c(O)cc(O)cc21. The van der Waals surface area contributed by atoms with Gasteiger partial charge in [0.2, 0.25) is 0 Å². The van der Waals surface area contributed by atoms with Crippen LogP contribution in [0, 0.1) is 0 Å². The minimum Gasteiger partial charge on any atom is -0.508 e. The number of carbonyl (C=O) groups excluding carboxylic acids is 1. The molecule has 0 amide bonds. The van der Waals surface area contributed by atoms with Crippen LogP contribution in [0.5, 0.6) is 28.7 Å². The van der Waals surface area contributed by atoms with Gasteiger partial charge in [-0.05, 0) is 41.5 Å².